The molecule has 3 aromatic rings. The van der Waals surface area contributed by atoms with Crippen LogP contribution in [0.3, 0.4) is 0 Å². The van der Waals surface area contributed by atoms with E-state index in [9.17, 15) is 14.0 Å². The molecule has 0 atom stereocenters. The number of carbonyl (C=O) groups excluding carboxylic acids is 1. The Morgan fingerprint density at radius 2 is 1.67 bits per heavy atom. The van der Waals surface area contributed by atoms with Gasteiger partial charge in [-0.05, 0) is 71.4 Å². The maximum atomic E-state index is 14.2. The van der Waals surface area contributed by atoms with E-state index in [0.717, 1.165) is 29.2 Å². The Bertz CT molecular complexity index is 1310. The smallest absolute Gasteiger partial charge is 0.335 e. The standard InChI is InChI=1S/C29H25FO3/c1-18-4-6-19(7-5-18)23-14-15-29(2,3)25-16-21(10-12-24(23)25)27(31)13-11-20-8-9-22(28(32)33)17-26(20)30/h4-14,16-17H,15H2,1-3H3,(H,32,33). The number of carboxylic acid groups (broad SMARTS) is 1. The Hall–Kier alpha value is -3.79. The molecule has 1 aliphatic carbocycles. The summed E-state index contributed by atoms with van der Waals surface area (Å²) in [6, 6.07) is 17.8. The fourth-order valence-corrected chi connectivity index (χ4v) is 4.13. The van der Waals surface area contributed by atoms with Gasteiger partial charge < -0.3 is 5.11 Å². The van der Waals surface area contributed by atoms with Crippen LogP contribution in [0.4, 0.5) is 4.39 Å². The molecule has 33 heavy (non-hydrogen) atoms. The van der Waals surface area contributed by atoms with Crippen molar-refractivity contribution in [3.8, 4) is 0 Å². The van der Waals surface area contributed by atoms with E-state index in [1.807, 2.05) is 12.1 Å². The highest BCUT2D eigenvalue weighted by Crippen LogP contribution is 2.41. The van der Waals surface area contributed by atoms with Crippen molar-refractivity contribution in [2.75, 3.05) is 0 Å². The second-order valence-corrected chi connectivity index (χ2v) is 9.07. The molecule has 0 aromatic heterocycles. The highest BCUT2D eigenvalue weighted by atomic mass is 19.1. The van der Waals surface area contributed by atoms with Gasteiger partial charge in [-0.25, -0.2) is 9.18 Å². The SMILES string of the molecule is Cc1ccc(C2=CCC(C)(C)c3cc(C(=O)C=Cc4ccc(C(=O)O)cc4F)ccc32)cc1. The lowest BCUT2D eigenvalue weighted by Gasteiger charge is -2.32. The Balaban J connectivity index is 1.65. The molecule has 0 saturated carbocycles. The minimum Gasteiger partial charge on any atom is -0.478 e. The molecule has 4 rings (SSSR count). The normalized spacial score (nSPS) is 14.6. The van der Waals surface area contributed by atoms with Gasteiger partial charge in [0.05, 0.1) is 5.56 Å². The summed E-state index contributed by atoms with van der Waals surface area (Å²) in [6.45, 7) is 6.39. The number of carboxylic acids is 1. The number of halogens is 1. The minimum atomic E-state index is -1.20. The van der Waals surface area contributed by atoms with Crippen LogP contribution in [-0.2, 0) is 5.41 Å². The zero-order chi connectivity index (χ0) is 23.8. The van der Waals surface area contributed by atoms with Gasteiger partial charge in [-0.15, -0.1) is 0 Å². The fourth-order valence-electron chi connectivity index (χ4n) is 4.13. The van der Waals surface area contributed by atoms with Crippen LogP contribution >= 0.6 is 0 Å². The first-order valence-electron chi connectivity index (χ1n) is 10.8. The van der Waals surface area contributed by atoms with Crippen molar-refractivity contribution >= 4 is 23.4 Å². The Morgan fingerprint density at radius 1 is 0.970 bits per heavy atom. The molecular weight excluding hydrogens is 415 g/mol. The molecular formula is C29H25FO3. The van der Waals surface area contributed by atoms with Crippen molar-refractivity contribution in [3.63, 3.8) is 0 Å². The van der Waals surface area contributed by atoms with Gasteiger partial charge in [0, 0.05) is 11.1 Å². The van der Waals surface area contributed by atoms with Crippen LogP contribution in [0.25, 0.3) is 11.6 Å². The van der Waals surface area contributed by atoms with E-state index in [1.165, 1.54) is 35.4 Å². The lowest BCUT2D eigenvalue weighted by Crippen LogP contribution is -2.22. The molecule has 0 heterocycles. The topological polar surface area (TPSA) is 54.4 Å². The van der Waals surface area contributed by atoms with Gasteiger partial charge in [-0.2, -0.15) is 0 Å². The molecule has 1 aliphatic rings. The zero-order valence-corrected chi connectivity index (χ0v) is 18.9. The molecule has 0 bridgehead atoms. The number of aromatic carboxylic acids is 1. The zero-order valence-electron chi connectivity index (χ0n) is 18.9. The quantitative estimate of drug-likeness (QED) is 0.349. The molecule has 0 aliphatic heterocycles. The first-order chi connectivity index (χ1) is 15.7. The van der Waals surface area contributed by atoms with Crippen LogP contribution < -0.4 is 0 Å². The van der Waals surface area contributed by atoms with Gasteiger partial charge in [0.2, 0.25) is 0 Å². The van der Waals surface area contributed by atoms with Crippen molar-refractivity contribution in [3.05, 3.63) is 118 Å². The molecule has 0 saturated heterocycles. The Labute approximate surface area is 192 Å². The molecule has 3 aromatic carbocycles. The second kappa shape index (κ2) is 8.62. The van der Waals surface area contributed by atoms with Crippen LogP contribution in [0, 0.1) is 12.7 Å². The largest absolute Gasteiger partial charge is 0.478 e. The fraction of sp³-hybridized carbons (Fsp3) is 0.172. The van der Waals surface area contributed by atoms with E-state index in [-0.39, 0.29) is 22.3 Å². The van der Waals surface area contributed by atoms with E-state index >= 15 is 0 Å². The maximum absolute atomic E-state index is 14.2. The number of hydrogen-bond donors (Lipinski definition) is 1. The summed E-state index contributed by atoms with van der Waals surface area (Å²) in [7, 11) is 0. The lowest BCUT2D eigenvalue weighted by atomic mass is 9.71. The van der Waals surface area contributed by atoms with Gasteiger partial charge in [0.15, 0.2) is 5.78 Å². The predicted octanol–water partition coefficient (Wildman–Crippen LogP) is 6.84. The third-order valence-corrected chi connectivity index (χ3v) is 6.16. The molecule has 3 nitrogen and oxygen atoms in total. The van der Waals surface area contributed by atoms with Crippen LogP contribution in [0.1, 0.15) is 68.8 Å². The number of hydrogen-bond acceptors (Lipinski definition) is 2. The first kappa shape index (κ1) is 22.4. The summed E-state index contributed by atoms with van der Waals surface area (Å²) in [6.07, 6.45) is 5.83. The van der Waals surface area contributed by atoms with Crippen LogP contribution in [0.2, 0.25) is 0 Å². The van der Waals surface area contributed by atoms with E-state index in [0.29, 0.717) is 5.56 Å². The third kappa shape index (κ3) is 4.56. The number of fused-ring (bicyclic) bond motifs is 1. The van der Waals surface area contributed by atoms with E-state index < -0.39 is 11.8 Å². The highest BCUT2D eigenvalue weighted by molar-refractivity contribution is 6.07. The van der Waals surface area contributed by atoms with Crippen LogP contribution in [0.15, 0.2) is 72.8 Å². The van der Waals surface area contributed by atoms with E-state index in [1.54, 1.807) is 6.07 Å². The number of allylic oxidation sites excluding steroid dienone is 2. The summed E-state index contributed by atoms with van der Waals surface area (Å²) < 4.78 is 14.2. The molecule has 4 heteroatoms. The molecule has 166 valence electrons. The first-order valence-corrected chi connectivity index (χ1v) is 10.8. The van der Waals surface area contributed by atoms with Crippen LogP contribution in [0.5, 0.6) is 0 Å². The number of carbonyl (C=O) groups is 2. The number of benzene rings is 3. The van der Waals surface area contributed by atoms with Gasteiger partial charge in [-0.1, -0.05) is 68.0 Å². The van der Waals surface area contributed by atoms with Crippen molar-refractivity contribution in [2.24, 2.45) is 0 Å². The van der Waals surface area contributed by atoms with Crippen molar-refractivity contribution < 1.29 is 19.1 Å². The molecule has 0 unspecified atom stereocenters. The van der Waals surface area contributed by atoms with E-state index in [2.05, 4.69) is 51.1 Å². The number of rotatable bonds is 5. The summed E-state index contributed by atoms with van der Waals surface area (Å²) in [5.41, 5.74) is 6.19. The Morgan fingerprint density at radius 3 is 2.33 bits per heavy atom. The minimum absolute atomic E-state index is 0.123. The molecule has 0 radical (unpaired) electrons. The van der Waals surface area contributed by atoms with Crippen molar-refractivity contribution in [1.29, 1.82) is 0 Å². The highest BCUT2D eigenvalue weighted by Gasteiger charge is 2.29. The summed E-state index contributed by atoms with van der Waals surface area (Å²) >= 11 is 0. The van der Waals surface area contributed by atoms with Crippen LogP contribution in [-0.4, -0.2) is 16.9 Å². The predicted molar refractivity (Wildman–Crippen MR) is 129 cm³/mol. The maximum Gasteiger partial charge on any atom is 0.335 e. The number of aryl methyl sites for hydroxylation is 1. The van der Waals surface area contributed by atoms with E-state index in [4.69, 9.17) is 5.11 Å². The van der Waals surface area contributed by atoms with Gasteiger partial charge in [0.25, 0.3) is 0 Å². The van der Waals surface area contributed by atoms with Gasteiger partial charge >= 0.3 is 5.97 Å². The molecule has 0 spiro atoms. The van der Waals surface area contributed by atoms with Crippen molar-refractivity contribution in [1.82, 2.24) is 0 Å². The summed E-state index contributed by atoms with van der Waals surface area (Å²) in [5.74, 6) is -2.11. The summed E-state index contributed by atoms with van der Waals surface area (Å²) in [5, 5.41) is 8.97. The summed E-state index contributed by atoms with van der Waals surface area (Å²) in [4.78, 5) is 23.8. The van der Waals surface area contributed by atoms with Gasteiger partial charge in [-0.3, -0.25) is 4.79 Å². The molecule has 1 N–H and O–H groups in total. The number of ketones is 1. The monoisotopic (exact) mass is 440 g/mol. The second-order valence-electron chi connectivity index (χ2n) is 9.07. The molecule has 0 fully saturated rings. The Kier molecular flexibility index (Phi) is 5.86. The van der Waals surface area contributed by atoms with Crippen molar-refractivity contribution in [2.45, 2.75) is 32.6 Å². The average molecular weight is 441 g/mol. The lowest BCUT2D eigenvalue weighted by molar-refractivity contribution is 0.0696. The molecule has 0 amide bonds. The third-order valence-electron chi connectivity index (χ3n) is 6.16. The van der Waals surface area contributed by atoms with Gasteiger partial charge in [0.1, 0.15) is 5.82 Å². The average Bonchev–Trinajstić information content (AvgIpc) is 2.78.